The first kappa shape index (κ1) is 10.1. The molecule has 1 heterocycles. The highest BCUT2D eigenvalue weighted by molar-refractivity contribution is 7.80. The highest BCUT2D eigenvalue weighted by Crippen LogP contribution is 1.98. The van der Waals surface area contributed by atoms with E-state index in [1.54, 1.807) is 12.3 Å². The van der Waals surface area contributed by atoms with Crippen LogP contribution in [0.1, 0.15) is 16.1 Å². The molecule has 0 unspecified atom stereocenters. The molecule has 0 aliphatic heterocycles. The van der Waals surface area contributed by atoms with Crippen molar-refractivity contribution in [3.63, 3.8) is 0 Å². The third-order valence-corrected chi connectivity index (χ3v) is 1.79. The van der Waals surface area contributed by atoms with Gasteiger partial charge in [-0.25, -0.2) is 0 Å². The summed E-state index contributed by atoms with van der Waals surface area (Å²) in [5.74, 6) is 0.548. The molecule has 4 heteroatoms. The number of carbonyl (C=O) groups excluding carboxylic acids is 1. The third-order valence-electron chi connectivity index (χ3n) is 1.57. The second-order valence-electron chi connectivity index (χ2n) is 2.67. The van der Waals surface area contributed by atoms with Crippen molar-refractivity contribution in [1.82, 2.24) is 10.3 Å². The Morgan fingerprint density at radius 3 is 2.92 bits per heavy atom. The van der Waals surface area contributed by atoms with Crippen LogP contribution in [0.25, 0.3) is 0 Å². The molecule has 0 radical (unpaired) electrons. The molecular weight excluding hydrogens is 184 g/mol. The fourth-order valence-corrected chi connectivity index (χ4v) is 0.985. The smallest absolute Gasteiger partial charge is 0.252 e. The van der Waals surface area contributed by atoms with Gasteiger partial charge in [-0.1, -0.05) is 0 Å². The maximum absolute atomic E-state index is 11.3. The van der Waals surface area contributed by atoms with Crippen molar-refractivity contribution in [2.24, 2.45) is 0 Å². The van der Waals surface area contributed by atoms with Crippen LogP contribution in [0.5, 0.6) is 0 Å². The van der Waals surface area contributed by atoms with Gasteiger partial charge in [0.25, 0.3) is 5.91 Å². The lowest BCUT2D eigenvalue weighted by molar-refractivity contribution is 0.0956. The van der Waals surface area contributed by atoms with Gasteiger partial charge in [-0.2, -0.15) is 12.6 Å². The summed E-state index contributed by atoms with van der Waals surface area (Å²) in [4.78, 5) is 15.4. The molecule has 0 spiro atoms. The maximum Gasteiger partial charge on any atom is 0.252 e. The normalized spacial score (nSPS) is 9.69. The second kappa shape index (κ2) is 4.87. The first-order chi connectivity index (χ1) is 6.24. The molecule has 0 bridgehead atoms. The van der Waals surface area contributed by atoms with Gasteiger partial charge in [0.15, 0.2) is 0 Å². The highest BCUT2D eigenvalue weighted by Gasteiger charge is 2.03. The lowest BCUT2D eigenvalue weighted by atomic mass is 10.2. The van der Waals surface area contributed by atoms with Crippen LogP contribution >= 0.6 is 12.6 Å². The predicted octanol–water partition coefficient (Wildman–Crippen LogP) is 1.05. The van der Waals surface area contributed by atoms with Crippen LogP contribution in [-0.4, -0.2) is 23.2 Å². The van der Waals surface area contributed by atoms with Gasteiger partial charge in [0.05, 0.1) is 5.56 Å². The molecule has 1 N–H and O–H groups in total. The van der Waals surface area contributed by atoms with E-state index in [-0.39, 0.29) is 5.91 Å². The molecule has 1 aromatic heterocycles. The Bertz CT molecular complexity index is 284. The Labute approximate surface area is 83.0 Å². The number of amides is 1. The summed E-state index contributed by atoms with van der Waals surface area (Å²) in [7, 11) is 0. The van der Waals surface area contributed by atoms with E-state index in [9.17, 15) is 4.79 Å². The molecular formula is C9H12N2OS. The fourth-order valence-electron chi connectivity index (χ4n) is 0.874. The third kappa shape index (κ3) is 3.06. The summed E-state index contributed by atoms with van der Waals surface area (Å²) in [5, 5.41) is 2.71. The standard InChI is InChI=1S/C9H12N2OS/c1-7-2-3-8(6-11-7)9(12)10-4-5-13/h2-3,6,13H,4-5H2,1H3,(H,10,12). The number of nitrogens with zero attached hydrogens (tertiary/aromatic N) is 1. The molecule has 3 nitrogen and oxygen atoms in total. The molecule has 0 aliphatic carbocycles. The molecule has 0 aliphatic rings. The van der Waals surface area contributed by atoms with E-state index in [0.29, 0.717) is 17.9 Å². The molecule has 13 heavy (non-hydrogen) atoms. The summed E-state index contributed by atoms with van der Waals surface area (Å²) in [5.41, 5.74) is 1.50. The molecule has 70 valence electrons. The highest BCUT2D eigenvalue weighted by atomic mass is 32.1. The number of hydrogen-bond donors (Lipinski definition) is 2. The second-order valence-corrected chi connectivity index (χ2v) is 3.11. The first-order valence-corrected chi connectivity index (χ1v) is 4.69. The van der Waals surface area contributed by atoms with E-state index in [0.717, 1.165) is 5.69 Å². The van der Waals surface area contributed by atoms with E-state index in [1.165, 1.54) is 0 Å². The van der Waals surface area contributed by atoms with Crippen molar-refractivity contribution in [1.29, 1.82) is 0 Å². The van der Waals surface area contributed by atoms with E-state index in [4.69, 9.17) is 0 Å². The van der Waals surface area contributed by atoms with Gasteiger partial charge in [0, 0.05) is 24.2 Å². The van der Waals surface area contributed by atoms with E-state index in [2.05, 4.69) is 22.9 Å². The lowest BCUT2D eigenvalue weighted by Crippen LogP contribution is -2.25. The number of pyridine rings is 1. The predicted molar refractivity (Wildman–Crippen MR) is 55.2 cm³/mol. The van der Waals surface area contributed by atoms with Crippen molar-refractivity contribution in [3.05, 3.63) is 29.6 Å². The van der Waals surface area contributed by atoms with E-state index >= 15 is 0 Å². The Kier molecular flexibility index (Phi) is 3.76. The van der Waals surface area contributed by atoms with Crippen LogP contribution in [-0.2, 0) is 0 Å². The van der Waals surface area contributed by atoms with Crippen molar-refractivity contribution < 1.29 is 4.79 Å². The Hall–Kier alpha value is -1.03. The zero-order chi connectivity index (χ0) is 9.68. The van der Waals surface area contributed by atoms with Crippen LogP contribution in [0.15, 0.2) is 18.3 Å². The number of rotatable bonds is 3. The van der Waals surface area contributed by atoms with Gasteiger partial charge >= 0.3 is 0 Å². The Morgan fingerprint density at radius 2 is 2.38 bits per heavy atom. The molecule has 0 atom stereocenters. The van der Waals surface area contributed by atoms with Crippen molar-refractivity contribution >= 4 is 18.5 Å². The summed E-state index contributed by atoms with van der Waals surface area (Å²) in [6.45, 7) is 2.46. The van der Waals surface area contributed by atoms with Crippen LogP contribution < -0.4 is 5.32 Å². The first-order valence-electron chi connectivity index (χ1n) is 4.06. The molecule has 0 aromatic carbocycles. The van der Waals surface area contributed by atoms with E-state index < -0.39 is 0 Å². The summed E-state index contributed by atoms with van der Waals surface area (Å²) in [6, 6.07) is 3.58. The minimum Gasteiger partial charge on any atom is -0.351 e. The summed E-state index contributed by atoms with van der Waals surface area (Å²) < 4.78 is 0. The summed E-state index contributed by atoms with van der Waals surface area (Å²) >= 11 is 3.99. The van der Waals surface area contributed by atoms with Gasteiger partial charge < -0.3 is 5.32 Å². The average molecular weight is 196 g/mol. The van der Waals surface area contributed by atoms with Crippen molar-refractivity contribution in [2.45, 2.75) is 6.92 Å². The topological polar surface area (TPSA) is 42.0 Å². The average Bonchev–Trinajstić information content (AvgIpc) is 2.15. The maximum atomic E-state index is 11.3. The van der Waals surface area contributed by atoms with Crippen LogP contribution in [0.2, 0.25) is 0 Å². The van der Waals surface area contributed by atoms with Gasteiger partial charge in [-0.3, -0.25) is 9.78 Å². The minimum absolute atomic E-state index is 0.0958. The zero-order valence-electron chi connectivity index (χ0n) is 7.45. The van der Waals surface area contributed by atoms with Gasteiger partial charge in [-0.05, 0) is 19.1 Å². The van der Waals surface area contributed by atoms with Crippen LogP contribution in [0.3, 0.4) is 0 Å². The van der Waals surface area contributed by atoms with Gasteiger partial charge in [-0.15, -0.1) is 0 Å². The number of nitrogens with one attached hydrogen (secondary N) is 1. The number of carbonyl (C=O) groups is 1. The molecule has 0 saturated heterocycles. The molecule has 0 saturated carbocycles. The SMILES string of the molecule is Cc1ccc(C(=O)NCCS)cn1. The monoisotopic (exact) mass is 196 g/mol. The van der Waals surface area contributed by atoms with Gasteiger partial charge in [0.1, 0.15) is 0 Å². The molecule has 1 amide bonds. The zero-order valence-corrected chi connectivity index (χ0v) is 8.34. The largest absolute Gasteiger partial charge is 0.351 e. The number of aromatic nitrogens is 1. The molecule has 1 rings (SSSR count). The van der Waals surface area contributed by atoms with Crippen LogP contribution in [0.4, 0.5) is 0 Å². The number of thiol groups is 1. The number of aryl methyl sites for hydroxylation is 1. The fraction of sp³-hybridized carbons (Fsp3) is 0.333. The van der Waals surface area contributed by atoms with E-state index in [1.807, 2.05) is 13.0 Å². The van der Waals surface area contributed by atoms with Crippen molar-refractivity contribution in [3.8, 4) is 0 Å². The van der Waals surface area contributed by atoms with Crippen molar-refractivity contribution in [2.75, 3.05) is 12.3 Å². The number of hydrogen-bond acceptors (Lipinski definition) is 3. The Balaban J connectivity index is 2.61. The van der Waals surface area contributed by atoms with Gasteiger partial charge in [0.2, 0.25) is 0 Å². The Morgan fingerprint density at radius 1 is 1.62 bits per heavy atom. The quantitative estimate of drug-likeness (QED) is 0.710. The minimum atomic E-state index is -0.0958. The van der Waals surface area contributed by atoms with Crippen LogP contribution in [0, 0.1) is 6.92 Å². The molecule has 0 fully saturated rings. The summed E-state index contributed by atoms with van der Waals surface area (Å²) in [6.07, 6.45) is 1.57. The molecule has 1 aromatic rings. The lowest BCUT2D eigenvalue weighted by Gasteiger charge is -2.02.